The lowest BCUT2D eigenvalue weighted by molar-refractivity contribution is -0.130. The van der Waals surface area contributed by atoms with Crippen molar-refractivity contribution in [1.29, 1.82) is 0 Å². The van der Waals surface area contributed by atoms with Crippen molar-refractivity contribution in [3.05, 3.63) is 63.6 Å². The third kappa shape index (κ3) is 3.32. The molecule has 0 fully saturated rings. The highest BCUT2D eigenvalue weighted by Crippen LogP contribution is 2.26. The van der Waals surface area contributed by atoms with Crippen LogP contribution in [0.5, 0.6) is 5.75 Å². The summed E-state index contributed by atoms with van der Waals surface area (Å²) in [5.74, 6) is -1.11. The third-order valence-corrected chi connectivity index (χ3v) is 3.22. The van der Waals surface area contributed by atoms with E-state index in [-0.39, 0.29) is 16.3 Å². The van der Waals surface area contributed by atoms with Crippen LogP contribution in [0.4, 0.5) is 0 Å². The Balaban J connectivity index is 2.47. The van der Waals surface area contributed by atoms with Crippen LogP contribution in [0.25, 0.3) is 11.6 Å². The van der Waals surface area contributed by atoms with Crippen molar-refractivity contribution >= 4 is 40.8 Å². The average molecular weight is 309 g/mol. The van der Waals surface area contributed by atoms with Crippen molar-refractivity contribution < 1.29 is 15.0 Å². The van der Waals surface area contributed by atoms with Crippen molar-refractivity contribution in [1.82, 2.24) is 0 Å². The molecule has 0 unspecified atom stereocenters. The smallest absolute Gasteiger partial charge is 0.336 e. The van der Waals surface area contributed by atoms with Gasteiger partial charge < -0.3 is 10.2 Å². The molecule has 5 heteroatoms. The van der Waals surface area contributed by atoms with Crippen LogP contribution in [-0.4, -0.2) is 16.2 Å². The Hall–Kier alpha value is -1.97. The van der Waals surface area contributed by atoms with E-state index in [1.54, 1.807) is 30.3 Å². The monoisotopic (exact) mass is 308 g/mol. The third-order valence-electron chi connectivity index (χ3n) is 2.67. The molecule has 0 heterocycles. The molecule has 2 aromatic carbocycles. The van der Waals surface area contributed by atoms with Gasteiger partial charge in [0.05, 0.1) is 10.6 Å². The summed E-state index contributed by atoms with van der Waals surface area (Å²) in [4.78, 5) is 11.4. The second-order valence-corrected chi connectivity index (χ2v) is 4.92. The van der Waals surface area contributed by atoms with E-state index in [9.17, 15) is 15.0 Å². The van der Waals surface area contributed by atoms with Crippen molar-refractivity contribution in [2.45, 2.75) is 0 Å². The molecule has 0 aromatic heterocycles. The maximum atomic E-state index is 11.4. The summed E-state index contributed by atoms with van der Waals surface area (Å²) < 4.78 is 0. The summed E-state index contributed by atoms with van der Waals surface area (Å²) in [6, 6.07) is 11.0. The minimum absolute atomic E-state index is 0.0489. The number of aromatic hydroxyl groups is 1. The zero-order chi connectivity index (χ0) is 14.7. The Labute approximate surface area is 125 Å². The van der Waals surface area contributed by atoms with Crippen LogP contribution in [0.2, 0.25) is 10.0 Å². The van der Waals surface area contributed by atoms with Gasteiger partial charge in [0.1, 0.15) is 5.75 Å². The molecule has 2 rings (SSSR count). The fourth-order valence-electron chi connectivity index (χ4n) is 1.68. The largest absolute Gasteiger partial charge is 0.506 e. The predicted octanol–water partition coefficient (Wildman–Crippen LogP) is 4.32. The van der Waals surface area contributed by atoms with Crippen LogP contribution < -0.4 is 0 Å². The van der Waals surface area contributed by atoms with Gasteiger partial charge in [-0.15, -0.1) is 0 Å². The normalized spacial score (nSPS) is 11.4. The number of carbonyl (C=O) groups is 1. The number of carboxylic acids is 1. The lowest BCUT2D eigenvalue weighted by Gasteiger charge is -2.04. The zero-order valence-corrected chi connectivity index (χ0v) is 11.7. The molecular weight excluding hydrogens is 299 g/mol. The van der Waals surface area contributed by atoms with Crippen LogP contribution in [0.3, 0.4) is 0 Å². The highest BCUT2D eigenvalue weighted by atomic mass is 35.5. The Kier molecular flexibility index (Phi) is 4.32. The van der Waals surface area contributed by atoms with Gasteiger partial charge in [-0.3, -0.25) is 0 Å². The van der Waals surface area contributed by atoms with E-state index >= 15 is 0 Å². The molecule has 2 N–H and O–H groups in total. The Morgan fingerprint density at radius 2 is 1.70 bits per heavy atom. The van der Waals surface area contributed by atoms with Crippen LogP contribution in [0.15, 0.2) is 42.5 Å². The minimum Gasteiger partial charge on any atom is -0.506 e. The molecular formula is C15H10Cl2O3. The maximum absolute atomic E-state index is 11.4. The number of carboxylic acid groups (broad SMARTS) is 1. The summed E-state index contributed by atoms with van der Waals surface area (Å²) in [5.41, 5.74) is 1.23. The van der Waals surface area contributed by atoms with Crippen LogP contribution in [-0.2, 0) is 4.79 Å². The fourth-order valence-corrected chi connectivity index (χ4v) is 1.99. The van der Waals surface area contributed by atoms with E-state index in [2.05, 4.69) is 0 Å². The molecule has 102 valence electrons. The number of benzene rings is 2. The molecule has 0 amide bonds. The molecule has 0 saturated heterocycles. The van der Waals surface area contributed by atoms with Crippen LogP contribution in [0, 0.1) is 0 Å². The topological polar surface area (TPSA) is 57.5 Å². The number of hydrogen-bond acceptors (Lipinski definition) is 2. The lowest BCUT2D eigenvalue weighted by Crippen LogP contribution is -1.99. The molecule has 0 saturated carbocycles. The van der Waals surface area contributed by atoms with E-state index in [1.807, 2.05) is 0 Å². The minimum atomic E-state index is -1.06. The first-order chi connectivity index (χ1) is 9.47. The second kappa shape index (κ2) is 5.99. The van der Waals surface area contributed by atoms with E-state index < -0.39 is 5.97 Å². The number of rotatable bonds is 3. The van der Waals surface area contributed by atoms with Crippen molar-refractivity contribution in [3.8, 4) is 5.75 Å². The van der Waals surface area contributed by atoms with E-state index in [4.69, 9.17) is 23.2 Å². The molecule has 2 aromatic rings. The summed E-state index contributed by atoms with van der Waals surface area (Å²) in [6.07, 6.45) is 1.48. The molecule has 0 spiro atoms. The fraction of sp³-hybridized carbons (Fsp3) is 0. The van der Waals surface area contributed by atoms with Gasteiger partial charge in [-0.1, -0.05) is 41.4 Å². The first kappa shape index (κ1) is 14.4. The van der Waals surface area contributed by atoms with Gasteiger partial charge >= 0.3 is 5.97 Å². The van der Waals surface area contributed by atoms with Gasteiger partial charge in [0.2, 0.25) is 0 Å². The maximum Gasteiger partial charge on any atom is 0.336 e. The zero-order valence-electron chi connectivity index (χ0n) is 10.2. The summed E-state index contributed by atoms with van der Waals surface area (Å²) >= 11 is 11.6. The first-order valence-electron chi connectivity index (χ1n) is 5.67. The highest BCUT2D eigenvalue weighted by Gasteiger charge is 2.11. The van der Waals surface area contributed by atoms with Crippen LogP contribution >= 0.6 is 23.2 Å². The number of phenols is 1. The van der Waals surface area contributed by atoms with Gasteiger partial charge in [-0.05, 0) is 41.5 Å². The van der Waals surface area contributed by atoms with Gasteiger partial charge in [0.15, 0.2) is 0 Å². The average Bonchev–Trinajstić information content (AvgIpc) is 2.41. The predicted molar refractivity (Wildman–Crippen MR) is 80.1 cm³/mol. The van der Waals surface area contributed by atoms with Crippen molar-refractivity contribution in [3.63, 3.8) is 0 Å². The molecule has 20 heavy (non-hydrogen) atoms. The highest BCUT2D eigenvalue weighted by molar-refractivity contribution is 6.32. The number of hydrogen-bond donors (Lipinski definition) is 2. The standard InChI is InChI=1S/C15H10Cl2O3/c16-11-4-2-10(3-5-11)12(15(19)20)7-9-1-6-14(18)13(17)8-9/h1-8,18H,(H,19,20)/b12-7-. The summed E-state index contributed by atoms with van der Waals surface area (Å²) in [5, 5.41) is 19.3. The van der Waals surface area contributed by atoms with E-state index in [1.165, 1.54) is 18.2 Å². The quantitative estimate of drug-likeness (QED) is 0.655. The van der Waals surface area contributed by atoms with E-state index in [0.717, 1.165) is 0 Å². The van der Waals surface area contributed by atoms with Gasteiger partial charge in [-0.2, -0.15) is 0 Å². The second-order valence-electron chi connectivity index (χ2n) is 4.08. The molecule has 0 radical (unpaired) electrons. The van der Waals surface area contributed by atoms with Gasteiger partial charge in [-0.25, -0.2) is 4.79 Å². The molecule has 0 aliphatic carbocycles. The first-order valence-corrected chi connectivity index (χ1v) is 6.42. The molecule has 0 atom stereocenters. The molecule has 3 nitrogen and oxygen atoms in total. The van der Waals surface area contributed by atoms with Gasteiger partial charge in [0, 0.05) is 5.02 Å². The van der Waals surface area contributed by atoms with Crippen LogP contribution in [0.1, 0.15) is 11.1 Å². The van der Waals surface area contributed by atoms with Crippen molar-refractivity contribution in [2.75, 3.05) is 0 Å². The summed E-state index contributed by atoms with van der Waals surface area (Å²) in [7, 11) is 0. The Morgan fingerprint density at radius 1 is 1.05 bits per heavy atom. The van der Waals surface area contributed by atoms with Crippen molar-refractivity contribution in [2.24, 2.45) is 0 Å². The lowest BCUT2D eigenvalue weighted by atomic mass is 10.0. The molecule has 0 aliphatic rings. The Bertz CT molecular complexity index is 676. The molecule has 0 aliphatic heterocycles. The van der Waals surface area contributed by atoms with E-state index in [0.29, 0.717) is 16.1 Å². The van der Waals surface area contributed by atoms with Gasteiger partial charge in [0.25, 0.3) is 0 Å². The number of aliphatic carboxylic acids is 1. The number of phenolic OH excluding ortho intramolecular Hbond substituents is 1. The summed E-state index contributed by atoms with van der Waals surface area (Å²) in [6.45, 7) is 0. The molecule has 0 bridgehead atoms. The SMILES string of the molecule is O=C(O)/C(=C\c1ccc(O)c(Cl)c1)c1ccc(Cl)cc1. The number of halogens is 2. The Morgan fingerprint density at radius 3 is 2.25 bits per heavy atom.